The number of sulfonamides is 1. The van der Waals surface area contributed by atoms with Gasteiger partial charge in [-0.2, -0.15) is 4.31 Å². The molecule has 0 unspecified atom stereocenters. The fraction of sp³-hybridized carbons (Fsp3) is 0.294. The molecule has 0 aliphatic rings. The third-order valence-electron chi connectivity index (χ3n) is 3.40. The van der Waals surface area contributed by atoms with Crippen molar-refractivity contribution < 1.29 is 13.2 Å². The first kappa shape index (κ1) is 16.5. The molecule has 0 fully saturated rings. The summed E-state index contributed by atoms with van der Waals surface area (Å²) in [6, 6.07) is 14.5. The van der Waals surface area contributed by atoms with E-state index in [0.717, 1.165) is 11.1 Å². The summed E-state index contributed by atoms with van der Waals surface area (Å²) in [4.78, 5) is 0.284. The maximum absolute atomic E-state index is 12.6. The molecular weight excluding hydrogens is 298 g/mol. The van der Waals surface area contributed by atoms with Crippen LogP contribution in [-0.4, -0.2) is 26.4 Å². The molecule has 5 heteroatoms. The van der Waals surface area contributed by atoms with E-state index in [1.54, 1.807) is 25.2 Å². The van der Waals surface area contributed by atoms with Crippen molar-refractivity contribution in [3.05, 3.63) is 59.7 Å². The minimum Gasteiger partial charge on any atom is -0.494 e. The van der Waals surface area contributed by atoms with E-state index in [1.807, 2.05) is 44.2 Å². The standard InChI is InChI=1S/C17H21NO3S/c1-4-21-17-11-10-16(12-14(17)2)22(19,20)18(3)13-15-8-6-5-7-9-15/h5-12H,4,13H2,1-3H3. The molecule has 2 aromatic rings. The first-order valence-electron chi connectivity index (χ1n) is 7.19. The van der Waals surface area contributed by atoms with Crippen molar-refractivity contribution in [2.24, 2.45) is 0 Å². The van der Waals surface area contributed by atoms with Crippen LogP contribution in [0, 0.1) is 6.92 Å². The summed E-state index contributed by atoms with van der Waals surface area (Å²) in [6.45, 7) is 4.65. The zero-order valence-electron chi connectivity index (χ0n) is 13.1. The Morgan fingerprint density at radius 1 is 1.09 bits per heavy atom. The lowest BCUT2D eigenvalue weighted by Gasteiger charge is -2.18. The average molecular weight is 319 g/mol. The van der Waals surface area contributed by atoms with Gasteiger partial charge in [-0.25, -0.2) is 8.42 Å². The Kier molecular flexibility index (Phi) is 5.21. The molecular formula is C17H21NO3S. The summed E-state index contributed by atoms with van der Waals surface area (Å²) >= 11 is 0. The predicted molar refractivity (Wildman–Crippen MR) is 87.4 cm³/mol. The van der Waals surface area contributed by atoms with Gasteiger partial charge in [0, 0.05) is 13.6 Å². The molecule has 2 aromatic carbocycles. The van der Waals surface area contributed by atoms with E-state index in [1.165, 1.54) is 4.31 Å². The van der Waals surface area contributed by atoms with Crippen LogP contribution in [-0.2, 0) is 16.6 Å². The Labute approximate surface area is 132 Å². The molecule has 0 amide bonds. The zero-order chi connectivity index (χ0) is 16.2. The molecule has 0 atom stereocenters. The van der Waals surface area contributed by atoms with Crippen molar-refractivity contribution in [1.29, 1.82) is 0 Å². The van der Waals surface area contributed by atoms with E-state index in [0.29, 0.717) is 18.9 Å². The molecule has 0 aromatic heterocycles. The minimum absolute atomic E-state index is 0.284. The van der Waals surface area contributed by atoms with E-state index in [4.69, 9.17) is 4.74 Å². The normalized spacial score (nSPS) is 11.6. The highest BCUT2D eigenvalue weighted by molar-refractivity contribution is 7.89. The molecule has 4 nitrogen and oxygen atoms in total. The van der Waals surface area contributed by atoms with Crippen LogP contribution in [0.2, 0.25) is 0 Å². The van der Waals surface area contributed by atoms with Crippen LogP contribution >= 0.6 is 0 Å². The first-order chi connectivity index (χ1) is 10.4. The SMILES string of the molecule is CCOc1ccc(S(=O)(=O)N(C)Cc2ccccc2)cc1C. The molecule has 22 heavy (non-hydrogen) atoms. The first-order valence-corrected chi connectivity index (χ1v) is 8.63. The number of aryl methyl sites for hydroxylation is 1. The largest absolute Gasteiger partial charge is 0.494 e. The molecule has 0 saturated heterocycles. The van der Waals surface area contributed by atoms with Crippen molar-refractivity contribution in [3.8, 4) is 5.75 Å². The van der Waals surface area contributed by atoms with Crippen LogP contribution in [0.1, 0.15) is 18.1 Å². The molecule has 0 spiro atoms. The lowest BCUT2D eigenvalue weighted by Crippen LogP contribution is -2.26. The van der Waals surface area contributed by atoms with Crippen LogP contribution in [0.5, 0.6) is 5.75 Å². The van der Waals surface area contributed by atoms with E-state index >= 15 is 0 Å². The van der Waals surface area contributed by atoms with Gasteiger partial charge < -0.3 is 4.74 Å². The molecule has 0 aliphatic carbocycles. The summed E-state index contributed by atoms with van der Waals surface area (Å²) in [5, 5.41) is 0. The predicted octanol–water partition coefficient (Wildman–Crippen LogP) is 3.21. The molecule has 0 saturated carbocycles. The second-order valence-corrected chi connectivity index (χ2v) is 7.15. The molecule has 0 aliphatic heterocycles. The summed E-state index contributed by atoms with van der Waals surface area (Å²) in [7, 11) is -1.92. The van der Waals surface area contributed by atoms with Gasteiger partial charge in [0.05, 0.1) is 11.5 Å². The van der Waals surface area contributed by atoms with Crippen molar-refractivity contribution >= 4 is 10.0 Å². The fourth-order valence-corrected chi connectivity index (χ4v) is 3.45. The molecule has 0 radical (unpaired) electrons. The van der Waals surface area contributed by atoms with Crippen molar-refractivity contribution in [2.75, 3.05) is 13.7 Å². The number of ether oxygens (including phenoxy) is 1. The van der Waals surface area contributed by atoms with Crippen LogP contribution in [0.4, 0.5) is 0 Å². The number of benzene rings is 2. The van der Waals surface area contributed by atoms with Crippen LogP contribution in [0.15, 0.2) is 53.4 Å². The maximum atomic E-state index is 12.6. The molecule has 0 N–H and O–H groups in total. The highest BCUT2D eigenvalue weighted by Crippen LogP contribution is 2.24. The van der Waals surface area contributed by atoms with Gasteiger partial charge in [0.15, 0.2) is 0 Å². The Hall–Kier alpha value is -1.85. The second kappa shape index (κ2) is 6.94. The highest BCUT2D eigenvalue weighted by atomic mass is 32.2. The Bertz CT molecular complexity index is 727. The Balaban J connectivity index is 2.24. The highest BCUT2D eigenvalue weighted by Gasteiger charge is 2.21. The second-order valence-electron chi connectivity index (χ2n) is 5.11. The number of rotatable bonds is 6. The van der Waals surface area contributed by atoms with Crippen LogP contribution in [0.3, 0.4) is 0 Å². The van der Waals surface area contributed by atoms with Gasteiger partial charge in [-0.05, 0) is 43.2 Å². The van der Waals surface area contributed by atoms with E-state index in [-0.39, 0.29) is 4.90 Å². The van der Waals surface area contributed by atoms with Crippen molar-refractivity contribution in [3.63, 3.8) is 0 Å². The van der Waals surface area contributed by atoms with Gasteiger partial charge in [-0.1, -0.05) is 30.3 Å². The lowest BCUT2D eigenvalue weighted by atomic mass is 10.2. The third-order valence-corrected chi connectivity index (χ3v) is 5.20. The van der Waals surface area contributed by atoms with Crippen molar-refractivity contribution in [1.82, 2.24) is 4.31 Å². The number of nitrogens with zero attached hydrogens (tertiary/aromatic N) is 1. The van der Waals surface area contributed by atoms with E-state index in [9.17, 15) is 8.42 Å². The van der Waals surface area contributed by atoms with Gasteiger partial charge in [0.2, 0.25) is 10.0 Å². The lowest BCUT2D eigenvalue weighted by molar-refractivity contribution is 0.337. The monoisotopic (exact) mass is 319 g/mol. The van der Waals surface area contributed by atoms with Crippen LogP contribution < -0.4 is 4.74 Å². The Morgan fingerprint density at radius 3 is 2.36 bits per heavy atom. The van der Waals surface area contributed by atoms with E-state index in [2.05, 4.69) is 0 Å². The fourth-order valence-electron chi connectivity index (χ4n) is 2.21. The molecule has 0 bridgehead atoms. The summed E-state index contributed by atoms with van der Waals surface area (Å²) in [5.41, 5.74) is 1.77. The quantitative estimate of drug-likeness (QED) is 0.821. The number of hydrogen-bond donors (Lipinski definition) is 0. The molecule has 2 rings (SSSR count). The Morgan fingerprint density at radius 2 is 1.77 bits per heavy atom. The minimum atomic E-state index is -3.51. The molecule has 118 valence electrons. The smallest absolute Gasteiger partial charge is 0.243 e. The van der Waals surface area contributed by atoms with Crippen molar-refractivity contribution in [2.45, 2.75) is 25.3 Å². The third kappa shape index (κ3) is 3.67. The van der Waals surface area contributed by atoms with E-state index < -0.39 is 10.0 Å². The summed E-state index contributed by atoms with van der Waals surface area (Å²) < 4.78 is 32.1. The van der Waals surface area contributed by atoms with Gasteiger partial charge >= 0.3 is 0 Å². The van der Waals surface area contributed by atoms with Gasteiger partial charge in [0.1, 0.15) is 5.75 Å². The summed E-state index contributed by atoms with van der Waals surface area (Å²) in [6.07, 6.45) is 0. The maximum Gasteiger partial charge on any atom is 0.243 e. The van der Waals surface area contributed by atoms with Crippen LogP contribution in [0.25, 0.3) is 0 Å². The zero-order valence-corrected chi connectivity index (χ0v) is 13.9. The van der Waals surface area contributed by atoms with Gasteiger partial charge in [-0.3, -0.25) is 0 Å². The topological polar surface area (TPSA) is 46.6 Å². The average Bonchev–Trinajstić information content (AvgIpc) is 2.50. The molecule has 0 heterocycles. The van der Waals surface area contributed by atoms with Gasteiger partial charge in [0.25, 0.3) is 0 Å². The van der Waals surface area contributed by atoms with Gasteiger partial charge in [-0.15, -0.1) is 0 Å². The number of hydrogen-bond acceptors (Lipinski definition) is 3. The summed E-state index contributed by atoms with van der Waals surface area (Å²) in [5.74, 6) is 0.715.